The Morgan fingerprint density at radius 1 is 0.380 bits per heavy atom. The van der Waals surface area contributed by atoms with Crippen LogP contribution in [0.3, 0.4) is 0 Å². The van der Waals surface area contributed by atoms with Crippen molar-refractivity contribution < 1.29 is 0 Å². The molecule has 0 fully saturated rings. The minimum atomic E-state index is -0.236. The van der Waals surface area contributed by atoms with Crippen molar-refractivity contribution in [1.29, 1.82) is 0 Å². The first kappa shape index (κ1) is 32.2. The Balaban J connectivity index is 1.49. The summed E-state index contributed by atoms with van der Waals surface area (Å²) in [6.45, 7) is 18.7. The van der Waals surface area contributed by atoms with Crippen molar-refractivity contribution in [3.05, 3.63) is 162 Å². The molecule has 0 bridgehead atoms. The molecule has 50 heavy (non-hydrogen) atoms. The monoisotopic (exact) mass is 650 g/mol. The van der Waals surface area contributed by atoms with E-state index in [4.69, 9.17) is 0 Å². The first-order valence-corrected chi connectivity index (χ1v) is 18.1. The Morgan fingerprint density at radius 3 is 1.48 bits per heavy atom. The summed E-state index contributed by atoms with van der Waals surface area (Å²) in [6, 6.07) is 52.5. The highest BCUT2D eigenvalue weighted by atomic mass is 15.2. The molecular weight excluding hydrogens is 603 g/mol. The van der Waals surface area contributed by atoms with Crippen LogP contribution in [0.4, 0.5) is 34.1 Å². The van der Waals surface area contributed by atoms with Gasteiger partial charge in [0.1, 0.15) is 0 Å². The number of benzene rings is 6. The fourth-order valence-electron chi connectivity index (χ4n) is 8.04. The lowest BCUT2D eigenvalue weighted by Gasteiger charge is -2.45. The van der Waals surface area contributed by atoms with E-state index < -0.39 is 0 Å². The van der Waals surface area contributed by atoms with Gasteiger partial charge >= 0.3 is 0 Å². The summed E-state index contributed by atoms with van der Waals surface area (Å²) in [4.78, 5) is 5.06. The minimum absolute atomic E-state index is 0.0190. The summed E-state index contributed by atoms with van der Waals surface area (Å²) < 4.78 is 0. The van der Waals surface area contributed by atoms with Gasteiger partial charge in [-0.1, -0.05) is 146 Å². The molecule has 6 aromatic rings. The minimum Gasteiger partial charge on any atom is -0.311 e. The van der Waals surface area contributed by atoms with Crippen molar-refractivity contribution >= 4 is 57.2 Å². The number of nitrogens with zero attached hydrogens (tertiary/aromatic N) is 2. The van der Waals surface area contributed by atoms with Gasteiger partial charge in [0, 0.05) is 39.5 Å². The molecular formula is C47H47BN2. The molecule has 8 rings (SSSR count). The Labute approximate surface area is 299 Å². The molecule has 0 atom stereocenters. The van der Waals surface area contributed by atoms with Gasteiger partial charge in [0.15, 0.2) is 0 Å². The van der Waals surface area contributed by atoms with Crippen LogP contribution in [0.1, 0.15) is 77.6 Å². The maximum atomic E-state index is 2.55. The van der Waals surface area contributed by atoms with Crippen molar-refractivity contribution in [3.63, 3.8) is 0 Å². The van der Waals surface area contributed by atoms with Crippen molar-refractivity contribution in [2.75, 3.05) is 9.80 Å². The topological polar surface area (TPSA) is 6.48 Å². The van der Waals surface area contributed by atoms with E-state index >= 15 is 0 Å². The third-order valence-electron chi connectivity index (χ3n) is 11.1. The van der Waals surface area contributed by atoms with E-state index in [2.05, 4.69) is 205 Å². The predicted octanol–water partition coefficient (Wildman–Crippen LogP) is 10.7. The van der Waals surface area contributed by atoms with Gasteiger partial charge < -0.3 is 9.80 Å². The second kappa shape index (κ2) is 11.5. The third-order valence-corrected chi connectivity index (χ3v) is 11.1. The molecule has 0 aliphatic carbocycles. The van der Waals surface area contributed by atoms with Crippen molar-refractivity contribution in [1.82, 2.24) is 0 Å². The normalized spacial score (nSPS) is 13.9. The average molecular weight is 651 g/mol. The van der Waals surface area contributed by atoms with E-state index in [0.717, 1.165) is 0 Å². The maximum absolute atomic E-state index is 2.55. The van der Waals surface area contributed by atoms with E-state index in [-0.39, 0.29) is 23.0 Å². The fourth-order valence-corrected chi connectivity index (χ4v) is 8.04. The standard InChI is InChI=1S/C47H47BN2/c1-45(2,3)32-23-26-37(27-24-32)50-41-28-25-34(46(4,5)6)29-39(41)48-38-21-15-16-22-40(38)49(36-19-13-10-14-20-36)42-30-35(31-43(50)44(42)48)47(7,8)33-17-11-9-12-18-33/h9-31H,1-8H3. The largest absolute Gasteiger partial charge is 0.311 e. The zero-order valence-electron chi connectivity index (χ0n) is 30.8. The first-order valence-electron chi connectivity index (χ1n) is 18.1. The Kier molecular flexibility index (Phi) is 7.42. The summed E-state index contributed by atoms with van der Waals surface area (Å²) in [6.07, 6.45) is 0. The van der Waals surface area contributed by atoms with Crippen LogP contribution in [0.15, 0.2) is 140 Å². The van der Waals surface area contributed by atoms with Crippen LogP contribution in [0.25, 0.3) is 0 Å². The van der Waals surface area contributed by atoms with Crippen LogP contribution in [0, 0.1) is 0 Å². The Morgan fingerprint density at radius 2 is 0.880 bits per heavy atom. The molecule has 0 unspecified atom stereocenters. The molecule has 0 amide bonds. The fraction of sp³-hybridized carbons (Fsp3) is 0.234. The second-order valence-electron chi connectivity index (χ2n) is 16.7. The molecule has 2 aliphatic rings. The van der Waals surface area contributed by atoms with Gasteiger partial charge in [0.2, 0.25) is 0 Å². The number of anilines is 6. The van der Waals surface area contributed by atoms with Crippen molar-refractivity contribution in [2.45, 2.75) is 71.6 Å². The molecule has 0 aromatic heterocycles. The molecule has 0 saturated carbocycles. The highest BCUT2D eigenvalue weighted by Crippen LogP contribution is 2.47. The third kappa shape index (κ3) is 5.18. The van der Waals surface area contributed by atoms with Gasteiger partial charge in [-0.3, -0.25) is 0 Å². The summed E-state index contributed by atoms with van der Waals surface area (Å²) in [5, 5.41) is 0. The summed E-state index contributed by atoms with van der Waals surface area (Å²) in [7, 11) is 0. The smallest absolute Gasteiger partial charge is 0.252 e. The molecule has 0 spiro atoms. The van der Waals surface area contributed by atoms with Crippen molar-refractivity contribution in [3.8, 4) is 0 Å². The Hall–Kier alpha value is -5.02. The van der Waals surface area contributed by atoms with Gasteiger partial charge in [-0.05, 0) is 98.0 Å². The van der Waals surface area contributed by atoms with Gasteiger partial charge in [-0.15, -0.1) is 0 Å². The van der Waals surface area contributed by atoms with Crippen LogP contribution in [0.5, 0.6) is 0 Å². The highest BCUT2D eigenvalue weighted by Gasteiger charge is 2.44. The zero-order valence-corrected chi connectivity index (χ0v) is 30.8. The Bertz CT molecular complexity index is 2200. The van der Waals surface area contributed by atoms with Gasteiger partial charge in [0.25, 0.3) is 6.71 Å². The lowest BCUT2D eigenvalue weighted by Crippen LogP contribution is -2.61. The van der Waals surface area contributed by atoms with Crippen LogP contribution in [-0.4, -0.2) is 6.71 Å². The van der Waals surface area contributed by atoms with Crippen LogP contribution >= 0.6 is 0 Å². The summed E-state index contributed by atoms with van der Waals surface area (Å²) in [5.41, 5.74) is 16.6. The number of rotatable bonds is 4. The molecule has 248 valence electrons. The quantitative estimate of drug-likeness (QED) is 0.175. The van der Waals surface area contributed by atoms with Gasteiger partial charge in [-0.2, -0.15) is 0 Å². The van der Waals surface area contributed by atoms with Gasteiger partial charge in [0.05, 0.1) is 0 Å². The highest BCUT2D eigenvalue weighted by molar-refractivity contribution is 7.00. The van der Waals surface area contributed by atoms with Crippen molar-refractivity contribution in [2.24, 2.45) is 0 Å². The molecule has 6 aromatic carbocycles. The second-order valence-corrected chi connectivity index (χ2v) is 16.7. The maximum Gasteiger partial charge on any atom is 0.252 e. The van der Waals surface area contributed by atoms with E-state index in [9.17, 15) is 0 Å². The van der Waals surface area contributed by atoms with Crippen LogP contribution in [0.2, 0.25) is 0 Å². The summed E-state index contributed by atoms with van der Waals surface area (Å²) in [5.74, 6) is 0. The van der Waals surface area contributed by atoms with Gasteiger partial charge in [-0.25, -0.2) is 0 Å². The van der Waals surface area contributed by atoms with E-state index in [1.165, 1.54) is 72.8 Å². The first-order chi connectivity index (χ1) is 23.8. The number of hydrogen-bond donors (Lipinski definition) is 0. The molecule has 0 radical (unpaired) electrons. The van der Waals surface area contributed by atoms with Crippen LogP contribution in [-0.2, 0) is 16.2 Å². The van der Waals surface area contributed by atoms with E-state index in [0.29, 0.717) is 0 Å². The van der Waals surface area contributed by atoms with E-state index in [1.807, 2.05) is 0 Å². The zero-order chi connectivity index (χ0) is 35.0. The lowest BCUT2D eigenvalue weighted by atomic mass is 9.33. The molecule has 0 N–H and O–H groups in total. The molecule has 2 nitrogen and oxygen atoms in total. The van der Waals surface area contributed by atoms with E-state index in [1.54, 1.807) is 0 Å². The molecule has 0 saturated heterocycles. The lowest BCUT2D eigenvalue weighted by molar-refractivity contribution is 0.590. The predicted molar refractivity (Wildman–Crippen MR) is 216 cm³/mol. The summed E-state index contributed by atoms with van der Waals surface area (Å²) >= 11 is 0. The number of fused-ring (bicyclic) bond motifs is 4. The average Bonchev–Trinajstić information content (AvgIpc) is 3.11. The molecule has 3 heteroatoms. The molecule has 2 aliphatic heterocycles. The van der Waals surface area contributed by atoms with Crippen LogP contribution < -0.4 is 26.2 Å². The number of hydrogen-bond acceptors (Lipinski definition) is 2. The SMILES string of the molecule is CC(C)(C)c1ccc(N2c3ccc(C(C)(C)C)cc3B3c4ccccc4N(c4ccccc4)c4cc(C(C)(C)c5ccccc5)cc2c43)cc1. The molecule has 2 heterocycles. The number of para-hydroxylation sites is 2.